The van der Waals surface area contributed by atoms with E-state index in [1.807, 2.05) is 12.1 Å². The van der Waals surface area contributed by atoms with Crippen LogP contribution in [0.15, 0.2) is 24.3 Å². The fourth-order valence-electron chi connectivity index (χ4n) is 2.74. The average Bonchev–Trinajstić information content (AvgIpc) is 2.48. The Kier molecular flexibility index (Phi) is 5.67. The van der Waals surface area contributed by atoms with E-state index in [1.165, 1.54) is 24.8 Å². The van der Waals surface area contributed by atoms with Gasteiger partial charge in [0.25, 0.3) is 0 Å². The highest BCUT2D eigenvalue weighted by Crippen LogP contribution is 2.28. The van der Waals surface area contributed by atoms with E-state index < -0.39 is 0 Å². The number of methoxy groups -OCH3 is 1. The topological polar surface area (TPSA) is 30.5 Å². The molecule has 1 atom stereocenters. The van der Waals surface area contributed by atoms with Crippen LogP contribution in [0.4, 0.5) is 0 Å². The van der Waals surface area contributed by atoms with E-state index >= 15 is 0 Å². The molecule has 0 spiro atoms. The number of ether oxygens (including phenoxy) is 2. The molecular formula is C16H25NO2. The van der Waals surface area contributed by atoms with Crippen LogP contribution in [0.3, 0.4) is 0 Å². The van der Waals surface area contributed by atoms with Crippen molar-refractivity contribution in [3.63, 3.8) is 0 Å². The fourth-order valence-corrected chi connectivity index (χ4v) is 2.74. The summed E-state index contributed by atoms with van der Waals surface area (Å²) in [7, 11) is 1.71. The van der Waals surface area contributed by atoms with E-state index in [2.05, 4.69) is 24.4 Å². The first kappa shape index (κ1) is 14.4. The van der Waals surface area contributed by atoms with Gasteiger partial charge in [0.2, 0.25) is 0 Å². The number of hydrogen-bond acceptors (Lipinski definition) is 3. The van der Waals surface area contributed by atoms with Crippen molar-refractivity contribution in [1.82, 2.24) is 5.32 Å². The second-order valence-electron chi connectivity index (χ2n) is 5.17. The van der Waals surface area contributed by atoms with Crippen molar-refractivity contribution in [3.8, 4) is 5.75 Å². The van der Waals surface area contributed by atoms with Crippen LogP contribution in [0.2, 0.25) is 0 Å². The Hall–Kier alpha value is -1.06. The van der Waals surface area contributed by atoms with E-state index in [1.54, 1.807) is 7.11 Å². The van der Waals surface area contributed by atoms with Gasteiger partial charge in [0.05, 0.1) is 7.11 Å². The molecule has 2 rings (SSSR count). The Balaban J connectivity index is 2.00. The minimum atomic E-state index is 0.444. The highest BCUT2D eigenvalue weighted by molar-refractivity contribution is 5.29. The van der Waals surface area contributed by atoms with Crippen LogP contribution in [0.5, 0.6) is 5.75 Å². The molecule has 106 valence electrons. The summed E-state index contributed by atoms with van der Waals surface area (Å²) in [5, 5.41) is 3.60. The van der Waals surface area contributed by atoms with E-state index in [9.17, 15) is 0 Å². The fraction of sp³-hybridized carbons (Fsp3) is 0.625. The van der Waals surface area contributed by atoms with Gasteiger partial charge in [-0.05, 0) is 49.4 Å². The molecule has 1 aromatic carbocycles. The average molecular weight is 263 g/mol. The highest BCUT2D eigenvalue weighted by atomic mass is 16.5. The molecule has 0 radical (unpaired) electrons. The van der Waals surface area contributed by atoms with Gasteiger partial charge in [-0.25, -0.2) is 0 Å². The van der Waals surface area contributed by atoms with Crippen LogP contribution in [-0.2, 0) is 4.74 Å². The number of nitrogens with one attached hydrogen (secondary N) is 1. The first-order chi connectivity index (χ1) is 9.33. The molecule has 1 saturated heterocycles. The van der Waals surface area contributed by atoms with Gasteiger partial charge in [0.1, 0.15) is 5.75 Å². The zero-order valence-corrected chi connectivity index (χ0v) is 12.0. The van der Waals surface area contributed by atoms with Crippen LogP contribution < -0.4 is 10.1 Å². The SMILES string of the molecule is CCNC(CC1CCOCC1)c1ccc(OC)cc1. The van der Waals surface area contributed by atoms with Crippen molar-refractivity contribution in [3.05, 3.63) is 29.8 Å². The minimum absolute atomic E-state index is 0.444. The lowest BCUT2D eigenvalue weighted by Gasteiger charge is -2.27. The summed E-state index contributed by atoms with van der Waals surface area (Å²) in [6.07, 6.45) is 3.58. The summed E-state index contributed by atoms with van der Waals surface area (Å²) < 4.78 is 10.7. The predicted octanol–water partition coefficient (Wildman–Crippen LogP) is 3.16. The maximum absolute atomic E-state index is 5.44. The molecule has 1 heterocycles. The Morgan fingerprint density at radius 1 is 1.26 bits per heavy atom. The Labute approximate surface area is 116 Å². The Morgan fingerprint density at radius 2 is 1.95 bits per heavy atom. The molecule has 0 bridgehead atoms. The van der Waals surface area contributed by atoms with Gasteiger partial charge >= 0.3 is 0 Å². The molecule has 0 aliphatic carbocycles. The third kappa shape index (κ3) is 4.22. The summed E-state index contributed by atoms with van der Waals surface area (Å²) in [6.45, 7) is 5.01. The molecule has 0 amide bonds. The van der Waals surface area contributed by atoms with E-state index in [4.69, 9.17) is 9.47 Å². The van der Waals surface area contributed by atoms with Gasteiger partial charge in [-0.15, -0.1) is 0 Å². The molecule has 3 heteroatoms. The minimum Gasteiger partial charge on any atom is -0.497 e. The van der Waals surface area contributed by atoms with E-state index in [0.717, 1.165) is 31.4 Å². The lowest BCUT2D eigenvalue weighted by molar-refractivity contribution is 0.0606. The van der Waals surface area contributed by atoms with Crippen molar-refractivity contribution in [2.24, 2.45) is 5.92 Å². The summed E-state index contributed by atoms with van der Waals surface area (Å²) in [6, 6.07) is 8.88. The van der Waals surface area contributed by atoms with E-state index in [0.29, 0.717) is 6.04 Å². The number of rotatable bonds is 6. The Bertz CT molecular complexity index is 358. The molecule has 1 N–H and O–H groups in total. The zero-order valence-electron chi connectivity index (χ0n) is 12.0. The monoisotopic (exact) mass is 263 g/mol. The van der Waals surface area contributed by atoms with Crippen LogP contribution >= 0.6 is 0 Å². The molecule has 0 aromatic heterocycles. The molecule has 1 fully saturated rings. The maximum Gasteiger partial charge on any atom is 0.118 e. The molecule has 1 aliphatic rings. The first-order valence-corrected chi connectivity index (χ1v) is 7.28. The van der Waals surface area contributed by atoms with Crippen molar-refractivity contribution in [1.29, 1.82) is 0 Å². The maximum atomic E-state index is 5.44. The van der Waals surface area contributed by atoms with Gasteiger partial charge in [0.15, 0.2) is 0 Å². The third-order valence-electron chi connectivity index (χ3n) is 3.88. The smallest absolute Gasteiger partial charge is 0.118 e. The summed E-state index contributed by atoms with van der Waals surface area (Å²) in [5.74, 6) is 1.70. The van der Waals surface area contributed by atoms with Crippen LogP contribution in [0, 0.1) is 5.92 Å². The van der Waals surface area contributed by atoms with Crippen LogP contribution in [0.1, 0.15) is 37.8 Å². The first-order valence-electron chi connectivity index (χ1n) is 7.28. The van der Waals surface area contributed by atoms with Gasteiger partial charge in [-0.1, -0.05) is 19.1 Å². The molecule has 1 aromatic rings. The van der Waals surface area contributed by atoms with Gasteiger partial charge in [-0.3, -0.25) is 0 Å². The van der Waals surface area contributed by atoms with Gasteiger partial charge in [-0.2, -0.15) is 0 Å². The number of hydrogen-bond donors (Lipinski definition) is 1. The quantitative estimate of drug-likeness (QED) is 0.855. The molecular weight excluding hydrogens is 238 g/mol. The number of benzene rings is 1. The van der Waals surface area contributed by atoms with Crippen molar-refractivity contribution in [2.45, 2.75) is 32.2 Å². The lowest BCUT2D eigenvalue weighted by Crippen LogP contribution is -2.26. The third-order valence-corrected chi connectivity index (χ3v) is 3.88. The normalized spacial score (nSPS) is 18.2. The molecule has 19 heavy (non-hydrogen) atoms. The molecule has 3 nitrogen and oxygen atoms in total. The molecule has 1 aliphatic heterocycles. The summed E-state index contributed by atoms with van der Waals surface area (Å²) in [4.78, 5) is 0. The highest BCUT2D eigenvalue weighted by Gasteiger charge is 2.19. The molecule has 1 unspecified atom stereocenters. The lowest BCUT2D eigenvalue weighted by atomic mass is 9.89. The van der Waals surface area contributed by atoms with Crippen LogP contribution in [-0.4, -0.2) is 26.9 Å². The Morgan fingerprint density at radius 3 is 2.53 bits per heavy atom. The predicted molar refractivity (Wildman–Crippen MR) is 77.6 cm³/mol. The van der Waals surface area contributed by atoms with Crippen molar-refractivity contribution < 1.29 is 9.47 Å². The van der Waals surface area contributed by atoms with Crippen molar-refractivity contribution >= 4 is 0 Å². The van der Waals surface area contributed by atoms with Gasteiger partial charge < -0.3 is 14.8 Å². The zero-order chi connectivity index (χ0) is 13.5. The van der Waals surface area contributed by atoms with Crippen molar-refractivity contribution in [2.75, 3.05) is 26.9 Å². The summed E-state index contributed by atoms with van der Waals surface area (Å²) >= 11 is 0. The summed E-state index contributed by atoms with van der Waals surface area (Å²) in [5.41, 5.74) is 1.36. The van der Waals surface area contributed by atoms with E-state index in [-0.39, 0.29) is 0 Å². The standard InChI is InChI=1S/C16H25NO2/c1-3-17-16(12-13-8-10-19-11-9-13)14-4-6-15(18-2)7-5-14/h4-7,13,16-17H,3,8-12H2,1-2H3. The second-order valence-corrected chi connectivity index (χ2v) is 5.17. The molecule has 0 saturated carbocycles. The van der Waals surface area contributed by atoms with Gasteiger partial charge in [0, 0.05) is 19.3 Å². The second kappa shape index (κ2) is 7.51. The van der Waals surface area contributed by atoms with Crippen LogP contribution in [0.25, 0.3) is 0 Å². The largest absolute Gasteiger partial charge is 0.497 e.